The molecular weight excluding hydrogens is 350 g/mol. The maximum Gasteiger partial charge on any atom is 0.191 e. The maximum absolute atomic E-state index is 5.51. The fourth-order valence-electron chi connectivity index (χ4n) is 3.96. The summed E-state index contributed by atoms with van der Waals surface area (Å²) in [6.45, 7) is 13.1. The Bertz CT molecular complexity index is 609. The number of nitrogens with one attached hydrogen (secondary N) is 2. The highest BCUT2D eigenvalue weighted by atomic mass is 16.5. The number of aliphatic imine (C=N–C) groups is 1. The first-order chi connectivity index (χ1) is 13.5. The van der Waals surface area contributed by atoms with E-state index in [1.807, 2.05) is 19.2 Å². The molecule has 1 aromatic carbocycles. The van der Waals surface area contributed by atoms with E-state index in [1.165, 1.54) is 5.69 Å². The molecule has 0 aromatic heterocycles. The molecule has 0 amide bonds. The van der Waals surface area contributed by atoms with E-state index in [4.69, 9.17) is 4.74 Å². The van der Waals surface area contributed by atoms with Crippen molar-refractivity contribution in [1.29, 1.82) is 0 Å². The van der Waals surface area contributed by atoms with Gasteiger partial charge in [0.1, 0.15) is 5.75 Å². The second-order valence-corrected chi connectivity index (χ2v) is 8.03. The molecule has 1 fully saturated rings. The van der Waals surface area contributed by atoms with Crippen LogP contribution in [0.1, 0.15) is 40.5 Å². The van der Waals surface area contributed by atoms with E-state index in [9.17, 15) is 0 Å². The van der Waals surface area contributed by atoms with Gasteiger partial charge in [0.2, 0.25) is 0 Å². The summed E-state index contributed by atoms with van der Waals surface area (Å²) < 4.78 is 5.51. The van der Waals surface area contributed by atoms with Gasteiger partial charge in [-0.15, -0.1) is 0 Å². The molecule has 0 saturated carbocycles. The average molecular weight is 390 g/mol. The van der Waals surface area contributed by atoms with E-state index in [1.54, 1.807) is 7.11 Å². The molecule has 28 heavy (non-hydrogen) atoms. The third-order valence-electron chi connectivity index (χ3n) is 5.39. The van der Waals surface area contributed by atoms with E-state index in [0.717, 1.165) is 50.7 Å². The molecule has 2 N–H and O–H groups in total. The third kappa shape index (κ3) is 6.30. The highest BCUT2D eigenvalue weighted by Crippen LogP contribution is 2.30. The lowest BCUT2D eigenvalue weighted by Crippen LogP contribution is -2.45. The Kier molecular flexibility index (Phi) is 8.90. The SMILES string of the molecule is CN=C(NCCCN(C(C)C)C(C)C)NC1CCN(c2ccccc2OC)C1. The predicted octanol–water partition coefficient (Wildman–Crippen LogP) is 2.95. The summed E-state index contributed by atoms with van der Waals surface area (Å²) in [5, 5.41) is 7.05. The minimum Gasteiger partial charge on any atom is -0.495 e. The molecule has 0 bridgehead atoms. The van der Waals surface area contributed by atoms with Crippen molar-refractivity contribution in [2.24, 2.45) is 4.99 Å². The molecule has 0 radical (unpaired) electrons. The van der Waals surface area contributed by atoms with Crippen molar-refractivity contribution >= 4 is 11.6 Å². The number of para-hydroxylation sites is 2. The lowest BCUT2D eigenvalue weighted by Gasteiger charge is -2.30. The molecule has 1 aliphatic heterocycles. The summed E-state index contributed by atoms with van der Waals surface area (Å²) in [5.41, 5.74) is 1.17. The van der Waals surface area contributed by atoms with Crippen molar-refractivity contribution < 1.29 is 4.74 Å². The molecule has 6 heteroatoms. The summed E-state index contributed by atoms with van der Waals surface area (Å²) in [7, 11) is 3.58. The fourth-order valence-corrected chi connectivity index (χ4v) is 3.96. The minimum absolute atomic E-state index is 0.388. The number of guanidine groups is 1. The van der Waals surface area contributed by atoms with Crippen LogP contribution in [0.2, 0.25) is 0 Å². The Hall–Kier alpha value is -1.95. The van der Waals surface area contributed by atoms with Gasteiger partial charge in [-0.05, 0) is 52.7 Å². The monoisotopic (exact) mass is 389 g/mol. The van der Waals surface area contributed by atoms with Crippen LogP contribution in [0.3, 0.4) is 0 Å². The molecule has 1 aromatic rings. The van der Waals surface area contributed by atoms with Crippen LogP contribution in [-0.4, -0.2) is 69.3 Å². The lowest BCUT2D eigenvalue weighted by atomic mass is 10.2. The third-order valence-corrected chi connectivity index (χ3v) is 5.39. The van der Waals surface area contributed by atoms with Crippen LogP contribution in [0.4, 0.5) is 5.69 Å². The second kappa shape index (κ2) is 11.1. The van der Waals surface area contributed by atoms with Crippen LogP contribution < -0.4 is 20.3 Å². The van der Waals surface area contributed by atoms with Crippen molar-refractivity contribution in [3.05, 3.63) is 24.3 Å². The standard InChI is InChI=1S/C22H39N5O/c1-17(2)27(18(3)4)14-9-13-24-22(23-5)25-19-12-15-26(16-19)20-10-7-8-11-21(20)28-6/h7-8,10-11,17-19H,9,12-16H2,1-6H3,(H2,23,24,25). The summed E-state index contributed by atoms with van der Waals surface area (Å²) >= 11 is 0. The van der Waals surface area contributed by atoms with Gasteiger partial charge in [-0.25, -0.2) is 0 Å². The molecule has 1 heterocycles. The van der Waals surface area contributed by atoms with Crippen LogP contribution in [0, 0.1) is 0 Å². The number of ether oxygens (including phenoxy) is 1. The number of rotatable bonds is 9. The highest BCUT2D eigenvalue weighted by Gasteiger charge is 2.25. The summed E-state index contributed by atoms with van der Waals surface area (Å²) in [6.07, 6.45) is 2.20. The zero-order valence-corrected chi connectivity index (χ0v) is 18.5. The van der Waals surface area contributed by atoms with Crippen LogP contribution in [0.15, 0.2) is 29.3 Å². The Morgan fingerprint density at radius 3 is 2.61 bits per heavy atom. The molecular formula is C22H39N5O. The molecule has 1 unspecified atom stereocenters. The zero-order chi connectivity index (χ0) is 20.5. The number of hydrogen-bond donors (Lipinski definition) is 2. The first kappa shape index (κ1) is 22.3. The van der Waals surface area contributed by atoms with E-state index in [2.05, 4.69) is 65.3 Å². The van der Waals surface area contributed by atoms with Gasteiger partial charge in [0.25, 0.3) is 0 Å². The number of nitrogens with zero attached hydrogens (tertiary/aromatic N) is 3. The summed E-state index contributed by atoms with van der Waals surface area (Å²) in [6, 6.07) is 9.78. The molecule has 2 rings (SSSR count). The van der Waals surface area contributed by atoms with E-state index in [-0.39, 0.29) is 0 Å². The normalized spacial score (nSPS) is 17.7. The zero-order valence-electron chi connectivity index (χ0n) is 18.5. The van der Waals surface area contributed by atoms with Crippen molar-refractivity contribution in [1.82, 2.24) is 15.5 Å². The Labute approximate surface area is 171 Å². The first-order valence-corrected chi connectivity index (χ1v) is 10.6. The number of anilines is 1. The van der Waals surface area contributed by atoms with Gasteiger partial charge in [0.05, 0.1) is 12.8 Å². The van der Waals surface area contributed by atoms with Crippen LogP contribution >= 0.6 is 0 Å². The average Bonchev–Trinajstić information content (AvgIpc) is 3.14. The summed E-state index contributed by atoms with van der Waals surface area (Å²) in [5.74, 6) is 1.83. The van der Waals surface area contributed by atoms with Crippen LogP contribution in [0.5, 0.6) is 5.75 Å². The van der Waals surface area contributed by atoms with Crippen molar-refractivity contribution in [2.45, 2.75) is 58.7 Å². The van der Waals surface area contributed by atoms with Gasteiger partial charge in [-0.1, -0.05) is 12.1 Å². The van der Waals surface area contributed by atoms with E-state index >= 15 is 0 Å². The fraction of sp³-hybridized carbons (Fsp3) is 0.682. The van der Waals surface area contributed by atoms with Gasteiger partial charge in [-0.3, -0.25) is 9.89 Å². The first-order valence-electron chi connectivity index (χ1n) is 10.6. The quantitative estimate of drug-likeness (QED) is 0.386. The highest BCUT2D eigenvalue weighted by molar-refractivity contribution is 5.80. The topological polar surface area (TPSA) is 52.1 Å². The van der Waals surface area contributed by atoms with Crippen LogP contribution in [-0.2, 0) is 0 Å². The van der Waals surface area contributed by atoms with Crippen molar-refractivity contribution in [3.63, 3.8) is 0 Å². The molecule has 1 atom stereocenters. The molecule has 1 aliphatic rings. The van der Waals surface area contributed by atoms with Gasteiger partial charge in [0, 0.05) is 51.4 Å². The predicted molar refractivity (Wildman–Crippen MR) is 120 cm³/mol. The lowest BCUT2D eigenvalue weighted by molar-refractivity contribution is 0.173. The number of benzene rings is 1. The Balaban J connectivity index is 1.78. The second-order valence-electron chi connectivity index (χ2n) is 8.03. The Morgan fingerprint density at radius 2 is 1.96 bits per heavy atom. The van der Waals surface area contributed by atoms with E-state index < -0.39 is 0 Å². The van der Waals surface area contributed by atoms with Crippen molar-refractivity contribution in [3.8, 4) is 5.75 Å². The molecule has 0 spiro atoms. The maximum atomic E-state index is 5.51. The van der Waals surface area contributed by atoms with Gasteiger partial charge in [0.15, 0.2) is 5.96 Å². The van der Waals surface area contributed by atoms with E-state index in [0.29, 0.717) is 18.1 Å². The summed E-state index contributed by atoms with van der Waals surface area (Å²) in [4.78, 5) is 9.32. The molecule has 0 aliphatic carbocycles. The number of methoxy groups -OCH3 is 1. The molecule has 1 saturated heterocycles. The number of hydrogen-bond acceptors (Lipinski definition) is 4. The minimum atomic E-state index is 0.388. The Morgan fingerprint density at radius 1 is 1.25 bits per heavy atom. The van der Waals surface area contributed by atoms with Gasteiger partial charge >= 0.3 is 0 Å². The molecule has 158 valence electrons. The van der Waals surface area contributed by atoms with Gasteiger partial charge < -0.3 is 20.3 Å². The van der Waals surface area contributed by atoms with Crippen LogP contribution in [0.25, 0.3) is 0 Å². The van der Waals surface area contributed by atoms with Crippen molar-refractivity contribution in [2.75, 3.05) is 45.2 Å². The smallest absolute Gasteiger partial charge is 0.191 e. The van der Waals surface area contributed by atoms with Gasteiger partial charge in [-0.2, -0.15) is 0 Å². The molecule has 6 nitrogen and oxygen atoms in total. The largest absolute Gasteiger partial charge is 0.495 e.